The van der Waals surface area contributed by atoms with E-state index in [1.54, 1.807) is 18.2 Å². The van der Waals surface area contributed by atoms with Crippen molar-refractivity contribution in [1.29, 1.82) is 0 Å². The molecule has 2 aromatic rings. The van der Waals surface area contributed by atoms with E-state index in [0.717, 1.165) is 23.9 Å². The van der Waals surface area contributed by atoms with Crippen molar-refractivity contribution in [2.45, 2.75) is 12.6 Å². The summed E-state index contributed by atoms with van der Waals surface area (Å²) in [4.78, 5) is 26.4. The monoisotopic (exact) mass is 482 g/mol. The van der Waals surface area contributed by atoms with Crippen LogP contribution in [0.3, 0.4) is 0 Å². The third-order valence-corrected chi connectivity index (χ3v) is 5.82. The molecule has 0 saturated carbocycles. The minimum atomic E-state index is -4.61. The number of halogens is 3. The number of hydrogen-bond acceptors (Lipinski definition) is 6. The summed E-state index contributed by atoms with van der Waals surface area (Å²) < 4.78 is 44.5. The summed E-state index contributed by atoms with van der Waals surface area (Å²) in [5.41, 5.74) is -0.704. The van der Waals surface area contributed by atoms with Crippen molar-refractivity contribution in [2.75, 3.05) is 19.0 Å². The Morgan fingerprint density at radius 3 is 2.69 bits per heavy atom. The zero-order valence-electron chi connectivity index (χ0n) is 16.6. The lowest BCUT2D eigenvalue weighted by molar-refractivity contribution is -0.137. The highest BCUT2D eigenvalue weighted by molar-refractivity contribution is 8.26. The molecule has 0 aliphatic carbocycles. The maximum Gasteiger partial charge on any atom is 0.418 e. The number of anilines is 1. The van der Waals surface area contributed by atoms with Crippen LogP contribution in [0.1, 0.15) is 17.5 Å². The minimum Gasteiger partial charge on any atom is -0.504 e. The number of aromatic hydroxyl groups is 1. The van der Waals surface area contributed by atoms with Gasteiger partial charge in [0.05, 0.1) is 23.3 Å². The molecule has 168 valence electrons. The van der Waals surface area contributed by atoms with E-state index < -0.39 is 23.6 Å². The molecule has 2 N–H and O–H groups in total. The van der Waals surface area contributed by atoms with Gasteiger partial charge in [-0.15, -0.1) is 0 Å². The van der Waals surface area contributed by atoms with Crippen molar-refractivity contribution < 1.29 is 32.6 Å². The Bertz CT molecular complexity index is 1100. The van der Waals surface area contributed by atoms with Gasteiger partial charge in [0.15, 0.2) is 11.5 Å². The molecule has 32 heavy (non-hydrogen) atoms. The summed E-state index contributed by atoms with van der Waals surface area (Å²) in [6.07, 6.45) is -3.27. The Balaban J connectivity index is 1.66. The molecule has 11 heteroatoms. The lowest BCUT2D eigenvalue weighted by Crippen LogP contribution is -2.31. The summed E-state index contributed by atoms with van der Waals surface area (Å²) in [5.74, 6) is -0.904. The average molecular weight is 483 g/mol. The second-order valence-corrected chi connectivity index (χ2v) is 8.28. The van der Waals surface area contributed by atoms with Gasteiger partial charge in [-0.1, -0.05) is 42.2 Å². The van der Waals surface area contributed by atoms with E-state index in [4.69, 9.17) is 17.0 Å². The maximum absolute atomic E-state index is 13.1. The van der Waals surface area contributed by atoms with Crippen molar-refractivity contribution in [3.8, 4) is 11.5 Å². The molecule has 6 nitrogen and oxygen atoms in total. The van der Waals surface area contributed by atoms with Gasteiger partial charge in [-0.2, -0.15) is 13.2 Å². The first kappa shape index (κ1) is 23.6. The summed E-state index contributed by atoms with van der Waals surface area (Å²) in [5, 5.41) is 11.9. The smallest absolute Gasteiger partial charge is 0.418 e. The Morgan fingerprint density at radius 2 is 2.00 bits per heavy atom. The standard InChI is InChI=1S/C21H17F3N2O4S2/c1-30-16-10-12(6-7-15(16)27)11-17-19(29)26(20(31)32-17)9-8-18(28)25-14-5-3-2-4-13(14)21(22,23)24/h2-7,10-11,27H,8-9H2,1H3,(H,25,28)/b17-11-. The highest BCUT2D eigenvalue weighted by Crippen LogP contribution is 2.36. The van der Waals surface area contributed by atoms with Gasteiger partial charge >= 0.3 is 6.18 Å². The number of thiocarbonyl (C=S) groups is 1. The van der Waals surface area contributed by atoms with Gasteiger partial charge in [-0.05, 0) is 35.9 Å². The van der Waals surface area contributed by atoms with Crippen LogP contribution in [0.2, 0.25) is 0 Å². The summed E-state index contributed by atoms with van der Waals surface area (Å²) in [7, 11) is 1.40. The topological polar surface area (TPSA) is 78.9 Å². The zero-order chi connectivity index (χ0) is 23.5. The second-order valence-electron chi connectivity index (χ2n) is 6.61. The zero-order valence-corrected chi connectivity index (χ0v) is 18.2. The number of thioether (sulfide) groups is 1. The number of methoxy groups -OCH3 is 1. The first-order valence-electron chi connectivity index (χ1n) is 9.18. The molecule has 0 aromatic heterocycles. The van der Waals surface area contributed by atoms with Gasteiger partial charge in [-0.3, -0.25) is 14.5 Å². The number of amides is 2. The molecular formula is C21H17F3N2O4S2. The Labute approximate surface area is 191 Å². The number of hydrogen-bond donors (Lipinski definition) is 2. The van der Waals surface area contributed by atoms with Crippen molar-refractivity contribution in [3.05, 3.63) is 58.5 Å². The lowest BCUT2D eigenvalue weighted by atomic mass is 10.1. The number of rotatable bonds is 6. The number of carbonyl (C=O) groups is 2. The molecule has 3 rings (SSSR count). The number of phenols is 1. The van der Waals surface area contributed by atoms with Crippen molar-refractivity contribution >= 4 is 51.9 Å². The third kappa shape index (κ3) is 5.40. The Hall–Kier alpha value is -3.05. The van der Waals surface area contributed by atoms with Crippen LogP contribution >= 0.6 is 24.0 Å². The highest BCUT2D eigenvalue weighted by atomic mass is 32.2. The maximum atomic E-state index is 13.1. The summed E-state index contributed by atoms with van der Waals surface area (Å²) in [6.45, 7) is -0.0824. The first-order valence-corrected chi connectivity index (χ1v) is 10.4. The quantitative estimate of drug-likeness (QED) is 0.461. The predicted octanol–water partition coefficient (Wildman–Crippen LogP) is 4.65. The number of nitrogens with zero attached hydrogens (tertiary/aromatic N) is 1. The Morgan fingerprint density at radius 1 is 1.28 bits per heavy atom. The summed E-state index contributed by atoms with van der Waals surface area (Å²) >= 11 is 6.25. The molecule has 1 heterocycles. The lowest BCUT2D eigenvalue weighted by Gasteiger charge is -2.16. The molecule has 1 saturated heterocycles. The molecule has 0 spiro atoms. The molecule has 0 atom stereocenters. The van der Waals surface area contributed by atoms with Gasteiger partial charge in [0.1, 0.15) is 4.32 Å². The van der Waals surface area contributed by atoms with Crippen LogP contribution in [0.25, 0.3) is 6.08 Å². The number of carbonyl (C=O) groups excluding carboxylic acids is 2. The van der Waals surface area contributed by atoms with Crippen molar-refractivity contribution in [1.82, 2.24) is 4.90 Å². The van der Waals surface area contributed by atoms with Gasteiger partial charge in [0.25, 0.3) is 5.91 Å². The number of alkyl halides is 3. The first-order chi connectivity index (χ1) is 15.1. The van der Waals surface area contributed by atoms with E-state index in [-0.39, 0.29) is 34.5 Å². The molecule has 1 fully saturated rings. The van der Waals surface area contributed by atoms with Crippen LogP contribution < -0.4 is 10.1 Å². The molecule has 2 amide bonds. The van der Waals surface area contributed by atoms with Gasteiger partial charge in [-0.25, -0.2) is 0 Å². The number of para-hydroxylation sites is 1. The molecule has 2 aromatic carbocycles. The number of phenolic OH excluding ortho intramolecular Hbond substituents is 1. The van der Waals surface area contributed by atoms with E-state index in [0.29, 0.717) is 10.5 Å². The van der Waals surface area contributed by atoms with E-state index in [1.807, 2.05) is 0 Å². The minimum absolute atomic E-state index is 0.0460. The van der Waals surface area contributed by atoms with Crippen LogP contribution in [-0.2, 0) is 15.8 Å². The Kier molecular flexibility index (Phi) is 7.09. The van der Waals surface area contributed by atoms with Crippen molar-refractivity contribution in [3.63, 3.8) is 0 Å². The average Bonchev–Trinajstić information content (AvgIpc) is 3.00. The SMILES string of the molecule is COc1cc(/C=C2\SC(=S)N(CCC(=O)Nc3ccccc3C(F)(F)F)C2=O)ccc1O. The van der Waals surface area contributed by atoms with Crippen LogP contribution in [0, 0.1) is 0 Å². The third-order valence-electron chi connectivity index (χ3n) is 4.44. The molecule has 0 bridgehead atoms. The fourth-order valence-corrected chi connectivity index (χ4v) is 4.20. The van der Waals surface area contributed by atoms with Crippen LogP contribution in [0.5, 0.6) is 11.5 Å². The van der Waals surface area contributed by atoms with Crippen LogP contribution in [-0.4, -0.2) is 39.8 Å². The van der Waals surface area contributed by atoms with E-state index >= 15 is 0 Å². The molecule has 0 unspecified atom stereocenters. The van der Waals surface area contributed by atoms with Gasteiger partial charge in [0, 0.05) is 13.0 Å². The van der Waals surface area contributed by atoms with E-state index in [2.05, 4.69) is 5.32 Å². The molecule has 0 radical (unpaired) electrons. The van der Waals surface area contributed by atoms with Crippen LogP contribution in [0.4, 0.5) is 18.9 Å². The highest BCUT2D eigenvalue weighted by Gasteiger charge is 2.34. The molecular weight excluding hydrogens is 465 g/mol. The number of nitrogens with one attached hydrogen (secondary N) is 1. The fourth-order valence-electron chi connectivity index (χ4n) is 2.89. The fraction of sp³-hybridized carbons (Fsp3) is 0.190. The largest absolute Gasteiger partial charge is 0.504 e. The van der Waals surface area contributed by atoms with Crippen LogP contribution in [0.15, 0.2) is 47.4 Å². The van der Waals surface area contributed by atoms with Crippen molar-refractivity contribution in [2.24, 2.45) is 0 Å². The molecule has 1 aliphatic heterocycles. The summed E-state index contributed by atoms with van der Waals surface area (Å²) in [6, 6.07) is 9.22. The van der Waals surface area contributed by atoms with Gasteiger partial charge < -0.3 is 15.2 Å². The van der Waals surface area contributed by atoms with E-state index in [1.165, 1.54) is 30.2 Å². The molecule has 1 aliphatic rings. The number of ether oxygens (including phenoxy) is 1. The van der Waals surface area contributed by atoms with Gasteiger partial charge in [0.2, 0.25) is 5.91 Å². The second kappa shape index (κ2) is 9.61. The predicted molar refractivity (Wildman–Crippen MR) is 119 cm³/mol. The number of benzene rings is 2. The van der Waals surface area contributed by atoms with E-state index in [9.17, 15) is 27.9 Å². The normalized spacial score (nSPS) is 15.4.